The summed E-state index contributed by atoms with van der Waals surface area (Å²) in [7, 11) is 0. The molecule has 0 radical (unpaired) electrons. The summed E-state index contributed by atoms with van der Waals surface area (Å²) in [6, 6.07) is 57.1. The van der Waals surface area contributed by atoms with Crippen molar-refractivity contribution < 1.29 is 38.1 Å². The first-order chi connectivity index (χ1) is 33.1. The highest BCUT2D eigenvalue weighted by molar-refractivity contribution is 8.03. The topological polar surface area (TPSA) is 105 Å². The van der Waals surface area contributed by atoms with Gasteiger partial charge in [-0.05, 0) is 113 Å². The van der Waals surface area contributed by atoms with Gasteiger partial charge in [0, 0.05) is 0 Å². The second kappa shape index (κ2) is 24.2. The number of rotatable bonds is 22. The van der Waals surface area contributed by atoms with E-state index in [4.69, 9.17) is 18.9 Å². The Hall–Kier alpha value is -6.45. The van der Waals surface area contributed by atoms with Gasteiger partial charge in [0.25, 0.3) is 0 Å². The fourth-order valence-corrected chi connectivity index (χ4v) is 10.6. The van der Waals surface area contributed by atoms with E-state index in [0.29, 0.717) is 24.0 Å². The molecule has 0 fully saturated rings. The molecule has 4 atom stereocenters. The van der Waals surface area contributed by atoms with Gasteiger partial charge in [0.2, 0.25) is 0 Å². The summed E-state index contributed by atoms with van der Waals surface area (Å²) >= 11 is 1.01. The molecule has 0 aromatic heterocycles. The van der Waals surface area contributed by atoms with Gasteiger partial charge in [-0.25, -0.2) is 0 Å². The molecule has 0 bridgehead atoms. The van der Waals surface area contributed by atoms with Crippen molar-refractivity contribution in [3.63, 3.8) is 0 Å². The maximum atomic E-state index is 16.1. The molecule has 360 valence electrons. The number of benzene rings is 6. The van der Waals surface area contributed by atoms with Gasteiger partial charge in [-0.15, -0.1) is 11.8 Å². The number of aryl methyl sites for hydroxylation is 2. The van der Waals surface area contributed by atoms with E-state index in [-0.39, 0.29) is 38.9 Å². The van der Waals surface area contributed by atoms with Crippen LogP contribution in [0.1, 0.15) is 87.8 Å². The zero-order valence-corrected chi connectivity index (χ0v) is 41.6. The Kier molecular flexibility index (Phi) is 18.2. The third-order valence-electron chi connectivity index (χ3n) is 11.7. The maximum absolute atomic E-state index is 16.1. The van der Waals surface area contributed by atoms with Crippen LogP contribution < -0.4 is 0 Å². The van der Waals surface area contributed by atoms with Crippen molar-refractivity contribution in [1.82, 2.24) is 0 Å². The minimum atomic E-state index is -1.94. The van der Waals surface area contributed by atoms with Gasteiger partial charge >= 0.3 is 23.9 Å². The number of thioether (sulfide) groups is 1. The molecule has 69 heavy (non-hydrogen) atoms. The highest BCUT2D eigenvalue weighted by atomic mass is 32.2. The normalized spacial score (nSPS) is 14.2. The summed E-state index contributed by atoms with van der Waals surface area (Å²) in [5.74, 6) is -5.22. The summed E-state index contributed by atoms with van der Waals surface area (Å²) in [5, 5.41) is 0. The second-order valence-electron chi connectivity index (χ2n) is 19.5. The van der Waals surface area contributed by atoms with E-state index >= 15 is 19.2 Å². The Balaban J connectivity index is 1.67. The third kappa shape index (κ3) is 15.3. The van der Waals surface area contributed by atoms with Crippen molar-refractivity contribution in [1.29, 1.82) is 0 Å². The van der Waals surface area contributed by atoms with Gasteiger partial charge in [-0.3, -0.25) is 19.2 Å². The predicted molar refractivity (Wildman–Crippen MR) is 274 cm³/mol. The number of hydrogen-bond donors (Lipinski definition) is 0. The molecule has 8 nitrogen and oxygen atoms in total. The molecule has 6 rings (SSSR count). The lowest BCUT2D eigenvalue weighted by molar-refractivity contribution is -0.168. The standard InChI is InChI=1S/C60H66O8S/c1-57(2,3)67-55(63)59(41-47-29-17-9-18-30-47,51(39-37-45-25-13-7-14-26-45)53(61)65-43-49-33-21-11-22-34-49)69-60(56(64)68-58(4,5)6,42-48-31-19-10-20-32-48)52(40-38-46-27-15-8-16-28-46)54(62)66-44-50-35-23-12-24-36-50/h7-36,51-52H,37-44H2,1-6H3. The van der Waals surface area contributed by atoms with E-state index in [1.54, 1.807) is 41.5 Å². The van der Waals surface area contributed by atoms with Crippen molar-refractivity contribution in [2.24, 2.45) is 11.8 Å². The summed E-state index contributed by atoms with van der Waals surface area (Å²) in [4.78, 5) is 63.3. The molecule has 0 amide bonds. The maximum Gasteiger partial charge on any atom is 0.324 e. The summed E-state index contributed by atoms with van der Waals surface area (Å²) in [6.07, 6.45) is 0.856. The minimum absolute atomic E-state index is 0.0609. The van der Waals surface area contributed by atoms with Crippen LogP contribution in [-0.2, 0) is 77.0 Å². The number of hydrogen-bond acceptors (Lipinski definition) is 9. The molecule has 0 heterocycles. The van der Waals surface area contributed by atoms with Crippen LogP contribution in [0.25, 0.3) is 0 Å². The monoisotopic (exact) mass is 946 g/mol. The molecular weight excluding hydrogens is 881 g/mol. The minimum Gasteiger partial charge on any atom is -0.461 e. The van der Waals surface area contributed by atoms with Crippen LogP contribution in [0.5, 0.6) is 0 Å². The average molecular weight is 947 g/mol. The van der Waals surface area contributed by atoms with Crippen LogP contribution in [0.15, 0.2) is 182 Å². The Morgan fingerprint density at radius 2 is 0.652 bits per heavy atom. The largest absolute Gasteiger partial charge is 0.461 e. The van der Waals surface area contributed by atoms with Crippen LogP contribution in [0.4, 0.5) is 0 Å². The molecular formula is C60H66O8S. The lowest BCUT2D eigenvalue weighted by atomic mass is 9.80. The Labute approximate surface area is 413 Å². The van der Waals surface area contributed by atoms with E-state index in [1.807, 2.05) is 182 Å². The van der Waals surface area contributed by atoms with E-state index < -0.39 is 56.4 Å². The lowest BCUT2D eigenvalue weighted by Gasteiger charge is -2.47. The van der Waals surface area contributed by atoms with Crippen molar-refractivity contribution in [2.45, 2.75) is 114 Å². The number of carbonyl (C=O) groups is 4. The van der Waals surface area contributed by atoms with Gasteiger partial charge in [0.15, 0.2) is 0 Å². The number of ether oxygens (including phenoxy) is 4. The van der Waals surface area contributed by atoms with Crippen LogP contribution in [-0.4, -0.2) is 44.6 Å². The summed E-state index contributed by atoms with van der Waals surface area (Å²) in [6.45, 7) is 10.6. The van der Waals surface area contributed by atoms with Gasteiger partial charge < -0.3 is 18.9 Å². The van der Waals surface area contributed by atoms with Gasteiger partial charge in [-0.2, -0.15) is 0 Å². The highest BCUT2D eigenvalue weighted by Crippen LogP contribution is 2.54. The molecule has 0 N–H and O–H groups in total. The first-order valence-corrected chi connectivity index (χ1v) is 24.6. The average Bonchev–Trinajstić information content (AvgIpc) is 3.33. The Morgan fingerprint density at radius 1 is 0.391 bits per heavy atom. The van der Waals surface area contributed by atoms with Crippen LogP contribution in [0.2, 0.25) is 0 Å². The van der Waals surface area contributed by atoms with Crippen LogP contribution >= 0.6 is 11.8 Å². The molecule has 0 saturated carbocycles. The van der Waals surface area contributed by atoms with Crippen LogP contribution in [0, 0.1) is 11.8 Å². The first-order valence-electron chi connectivity index (χ1n) is 23.8. The molecule has 6 aromatic rings. The van der Waals surface area contributed by atoms with E-state index in [1.165, 1.54) is 0 Å². The van der Waals surface area contributed by atoms with Crippen molar-refractivity contribution in [2.75, 3.05) is 0 Å². The predicted octanol–water partition coefficient (Wildman–Crippen LogP) is 12.4. The molecule has 0 aliphatic rings. The molecule has 6 aromatic carbocycles. The van der Waals surface area contributed by atoms with Crippen molar-refractivity contribution in [3.8, 4) is 0 Å². The quantitative estimate of drug-likeness (QED) is 0.0486. The van der Waals surface area contributed by atoms with Gasteiger partial charge in [0.05, 0.1) is 11.8 Å². The van der Waals surface area contributed by atoms with Gasteiger partial charge in [-0.1, -0.05) is 182 Å². The molecule has 4 unspecified atom stereocenters. The zero-order valence-electron chi connectivity index (χ0n) is 40.8. The van der Waals surface area contributed by atoms with E-state index in [9.17, 15) is 0 Å². The van der Waals surface area contributed by atoms with Crippen molar-refractivity contribution in [3.05, 3.63) is 215 Å². The van der Waals surface area contributed by atoms with Gasteiger partial charge in [0.1, 0.15) is 33.9 Å². The number of esters is 4. The van der Waals surface area contributed by atoms with Crippen LogP contribution in [0.3, 0.4) is 0 Å². The molecule has 9 heteroatoms. The SMILES string of the molecule is CC(C)(C)OC(=O)C(Cc1ccccc1)(SC(Cc1ccccc1)(C(=O)OC(C)(C)C)C(CCc1ccccc1)C(=O)OCc1ccccc1)C(CCc1ccccc1)C(=O)OCc1ccccc1. The molecule has 0 aliphatic carbocycles. The Morgan fingerprint density at radius 3 is 0.928 bits per heavy atom. The fourth-order valence-electron chi connectivity index (χ4n) is 8.48. The van der Waals surface area contributed by atoms with E-state index in [0.717, 1.165) is 34.0 Å². The third-order valence-corrected chi connectivity index (χ3v) is 13.7. The highest BCUT2D eigenvalue weighted by Gasteiger charge is 2.63. The number of carbonyl (C=O) groups excluding carboxylic acids is 4. The molecule has 0 spiro atoms. The zero-order chi connectivity index (χ0) is 49.3. The second-order valence-corrected chi connectivity index (χ2v) is 21.2. The fraction of sp³-hybridized carbons (Fsp3) is 0.333. The Bertz CT molecular complexity index is 2350. The molecule has 0 saturated heterocycles. The van der Waals surface area contributed by atoms with Crippen molar-refractivity contribution >= 4 is 35.6 Å². The van der Waals surface area contributed by atoms with E-state index in [2.05, 4.69) is 0 Å². The molecule has 0 aliphatic heterocycles. The lowest BCUT2D eigenvalue weighted by Crippen LogP contribution is -2.60. The first kappa shape index (κ1) is 51.9. The summed E-state index contributed by atoms with van der Waals surface area (Å²) < 4.78 is 21.8. The summed E-state index contributed by atoms with van der Waals surface area (Å²) in [5.41, 5.74) is 2.73. The smallest absolute Gasteiger partial charge is 0.324 e.